The summed E-state index contributed by atoms with van der Waals surface area (Å²) in [7, 11) is 0. The van der Waals surface area contributed by atoms with Crippen LogP contribution in [-0.4, -0.2) is 34.4 Å². The van der Waals surface area contributed by atoms with Crippen molar-refractivity contribution in [2.75, 3.05) is 0 Å². The minimum Gasteiger partial charge on any atom is -0.322 e. The van der Waals surface area contributed by atoms with Gasteiger partial charge in [0.25, 0.3) is 5.91 Å². The number of amides is 3. The van der Waals surface area contributed by atoms with Gasteiger partial charge in [0.2, 0.25) is 17.6 Å². The fraction of sp³-hybridized carbons (Fsp3) is 0.385. The van der Waals surface area contributed by atoms with E-state index < -0.39 is 23.7 Å². The normalized spacial score (nSPS) is 18.3. The van der Waals surface area contributed by atoms with Crippen molar-refractivity contribution in [2.24, 2.45) is 0 Å². The van der Waals surface area contributed by atoms with Gasteiger partial charge in [-0.25, -0.2) is 0 Å². The van der Waals surface area contributed by atoms with Crippen molar-refractivity contribution in [3.05, 3.63) is 70.3 Å². The Bertz CT molecular complexity index is 1160. The highest BCUT2D eigenvalue weighted by molar-refractivity contribution is 6.05. The number of benzene rings is 2. The molecule has 2 aromatic carbocycles. The molecule has 1 N–H and O–H groups in total. The first-order valence-corrected chi connectivity index (χ1v) is 11.4. The lowest BCUT2D eigenvalue weighted by atomic mass is 9.95. The molecule has 4 rings (SSSR count). The number of imide groups is 1. The van der Waals surface area contributed by atoms with E-state index in [1.54, 1.807) is 30.3 Å². The van der Waals surface area contributed by atoms with E-state index in [-0.39, 0.29) is 55.5 Å². The van der Waals surface area contributed by atoms with E-state index in [1.807, 2.05) is 13.8 Å². The smallest absolute Gasteiger partial charge is 0.322 e. The van der Waals surface area contributed by atoms with Crippen molar-refractivity contribution in [3.63, 3.8) is 0 Å². The standard InChI is InChI=1S/C26H26F2N2O4/c1-15(2)17-5-7-19(8-6-17)26(27,28)22(31)11-4-16-3-9-20-18(13-16)14-30(25(20)34)21-10-12-23(32)29-24(21)33/h3,5-9,13,15,21H,4,10-12,14H2,1-2H3,(H,29,32,33). The second kappa shape index (κ2) is 9.08. The lowest BCUT2D eigenvalue weighted by molar-refractivity contribution is -0.144. The summed E-state index contributed by atoms with van der Waals surface area (Å²) in [6.07, 6.45) is 0.193. The Hall–Kier alpha value is -3.42. The Morgan fingerprint density at radius 1 is 1.12 bits per heavy atom. The number of aryl methyl sites for hydroxylation is 1. The van der Waals surface area contributed by atoms with Gasteiger partial charge in [-0.1, -0.05) is 50.2 Å². The van der Waals surface area contributed by atoms with E-state index in [9.17, 15) is 28.0 Å². The largest absolute Gasteiger partial charge is 0.330 e. The molecule has 3 amide bonds. The number of nitrogens with one attached hydrogen (secondary N) is 1. The summed E-state index contributed by atoms with van der Waals surface area (Å²) in [6, 6.07) is 10.1. The summed E-state index contributed by atoms with van der Waals surface area (Å²) in [5, 5.41) is 2.25. The molecule has 1 fully saturated rings. The molecule has 0 aromatic heterocycles. The zero-order valence-electron chi connectivity index (χ0n) is 19.1. The number of alkyl halides is 2. The molecule has 0 spiro atoms. The molecule has 1 saturated heterocycles. The molecule has 0 radical (unpaired) electrons. The van der Waals surface area contributed by atoms with Crippen LogP contribution in [0, 0.1) is 0 Å². The molecular formula is C26H26F2N2O4. The van der Waals surface area contributed by atoms with Gasteiger partial charge in [-0.2, -0.15) is 8.78 Å². The van der Waals surface area contributed by atoms with Crippen molar-refractivity contribution in [3.8, 4) is 0 Å². The van der Waals surface area contributed by atoms with Gasteiger partial charge in [-0.05, 0) is 41.5 Å². The predicted octanol–water partition coefficient (Wildman–Crippen LogP) is 3.86. The fourth-order valence-electron chi connectivity index (χ4n) is 4.44. The third-order valence-corrected chi connectivity index (χ3v) is 6.52. The van der Waals surface area contributed by atoms with Gasteiger partial charge in [-0.3, -0.25) is 24.5 Å². The number of hydrogen-bond acceptors (Lipinski definition) is 4. The van der Waals surface area contributed by atoms with E-state index in [0.717, 1.165) is 5.56 Å². The molecule has 2 aliphatic heterocycles. The maximum atomic E-state index is 14.7. The third kappa shape index (κ3) is 4.49. The maximum Gasteiger partial charge on any atom is 0.330 e. The number of halogens is 2. The molecular weight excluding hydrogens is 442 g/mol. The second-order valence-electron chi connectivity index (χ2n) is 9.17. The van der Waals surface area contributed by atoms with E-state index >= 15 is 0 Å². The number of fused-ring (bicyclic) bond motifs is 1. The highest BCUT2D eigenvalue weighted by Gasteiger charge is 2.41. The maximum absolute atomic E-state index is 14.7. The first-order chi connectivity index (χ1) is 16.1. The van der Waals surface area contributed by atoms with Gasteiger partial charge in [-0.15, -0.1) is 0 Å². The second-order valence-corrected chi connectivity index (χ2v) is 9.17. The fourth-order valence-corrected chi connectivity index (χ4v) is 4.44. The van der Waals surface area contributed by atoms with Crippen molar-refractivity contribution >= 4 is 23.5 Å². The summed E-state index contributed by atoms with van der Waals surface area (Å²) >= 11 is 0. The molecule has 8 heteroatoms. The van der Waals surface area contributed by atoms with Crippen molar-refractivity contribution < 1.29 is 28.0 Å². The summed E-state index contributed by atoms with van der Waals surface area (Å²) in [4.78, 5) is 50.1. The van der Waals surface area contributed by atoms with Crippen LogP contribution < -0.4 is 5.32 Å². The zero-order chi connectivity index (χ0) is 24.6. The molecule has 178 valence electrons. The average Bonchev–Trinajstić information content (AvgIpc) is 3.13. The van der Waals surface area contributed by atoms with Crippen molar-refractivity contribution in [2.45, 2.75) is 64.0 Å². The lowest BCUT2D eigenvalue weighted by Crippen LogP contribution is -2.52. The number of Topliss-reactive ketones (excluding diaryl/α,β-unsaturated/α-hetero) is 1. The van der Waals surface area contributed by atoms with Gasteiger partial charge in [0.15, 0.2) is 0 Å². The molecule has 0 bridgehead atoms. The van der Waals surface area contributed by atoms with Crippen LogP contribution in [0.5, 0.6) is 0 Å². The topological polar surface area (TPSA) is 83.6 Å². The Morgan fingerprint density at radius 3 is 2.47 bits per heavy atom. The molecule has 2 heterocycles. The van der Waals surface area contributed by atoms with E-state index in [0.29, 0.717) is 16.7 Å². The number of nitrogens with zero attached hydrogens (tertiary/aromatic N) is 1. The Labute approximate surface area is 196 Å². The van der Waals surface area contributed by atoms with Gasteiger partial charge in [0.1, 0.15) is 6.04 Å². The van der Waals surface area contributed by atoms with E-state index in [2.05, 4.69) is 5.32 Å². The highest BCUT2D eigenvalue weighted by atomic mass is 19.3. The van der Waals surface area contributed by atoms with E-state index in [1.165, 1.54) is 17.0 Å². The first-order valence-electron chi connectivity index (χ1n) is 11.4. The monoisotopic (exact) mass is 468 g/mol. The summed E-state index contributed by atoms with van der Waals surface area (Å²) in [6.45, 7) is 4.12. The summed E-state index contributed by atoms with van der Waals surface area (Å²) in [5.74, 6) is -5.69. The molecule has 34 heavy (non-hydrogen) atoms. The van der Waals surface area contributed by atoms with Crippen LogP contribution in [0.25, 0.3) is 0 Å². The van der Waals surface area contributed by atoms with Crippen LogP contribution >= 0.6 is 0 Å². The number of hydrogen-bond donors (Lipinski definition) is 1. The van der Waals surface area contributed by atoms with Crippen LogP contribution in [0.3, 0.4) is 0 Å². The Balaban J connectivity index is 1.42. The molecule has 0 saturated carbocycles. The minimum atomic E-state index is -3.58. The van der Waals surface area contributed by atoms with Crippen LogP contribution in [0.15, 0.2) is 42.5 Å². The summed E-state index contributed by atoms with van der Waals surface area (Å²) < 4.78 is 29.4. The van der Waals surface area contributed by atoms with Crippen LogP contribution in [-0.2, 0) is 33.3 Å². The lowest BCUT2D eigenvalue weighted by Gasteiger charge is -2.29. The van der Waals surface area contributed by atoms with Crippen molar-refractivity contribution in [1.82, 2.24) is 10.2 Å². The van der Waals surface area contributed by atoms with E-state index in [4.69, 9.17) is 0 Å². The number of carbonyl (C=O) groups excluding carboxylic acids is 4. The summed E-state index contributed by atoms with van der Waals surface area (Å²) in [5.41, 5.74) is 2.38. The van der Waals surface area contributed by atoms with Gasteiger partial charge < -0.3 is 4.90 Å². The van der Waals surface area contributed by atoms with Crippen LogP contribution in [0.1, 0.15) is 71.6 Å². The average molecular weight is 469 g/mol. The van der Waals surface area contributed by atoms with Gasteiger partial charge in [0.05, 0.1) is 0 Å². The van der Waals surface area contributed by atoms with Gasteiger partial charge in [0, 0.05) is 30.5 Å². The van der Waals surface area contributed by atoms with Crippen molar-refractivity contribution in [1.29, 1.82) is 0 Å². The van der Waals surface area contributed by atoms with Gasteiger partial charge >= 0.3 is 5.92 Å². The minimum absolute atomic E-state index is 0.110. The Kier molecular flexibility index (Phi) is 6.34. The predicted molar refractivity (Wildman–Crippen MR) is 120 cm³/mol. The van der Waals surface area contributed by atoms with Crippen LogP contribution in [0.2, 0.25) is 0 Å². The molecule has 2 aromatic rings. The number of ketones is 1. The molecule has 1 atom stereocenters. The quantitative estimate of drug-likeness (QED) is 0.626. The highest BCUT2D eigenvalue weighted by Crippen LogP contribution is 2.33. The SMILES string of the molecule is CC(C)c1ccc(C(F)(F)C(=O)CCc2ccc3c(c2)CN(C2CCC(=O)NC2=O)C3=O)cc1. The first kappa shape index (κ1) is 23.7. The molecule has 2 aliphatic rings. The molecule has 0 aliphatic carbocycles. The number of piperidine rings is 1. The zero-order valence-corrected chi connectivity index (χ0v) is 19.1. The van der Waals surface area contributed by atoms with Crippen LogP contribution in [0.4, 0.5) is 8.78 Å². The molecule has 1 unspecified atom stereocenters. The number of rotatable bonds is 7. The third-order valence-electron chi connectivity index (χ3n) is 6.52. The Morgan fingerprint density at radius 2 is 1.82 bits per heavy atom. The number of carbonyl (C=O) groups is 4. The molecule has 6 nitrogen and oxygen atoms in total.